The number of benzene rings is 1. The zero-order chi connectivity index (χ0) is 16.2. The molecule has 2 aliphatic rings. The van der Waals surface area contributed by atoms with Gasteiger partial charge in [0.15, 0.2) is 0 Å². The van der Waals surface area contributed by atoms with Gasteiger partial charge in [0.05, 0.1) is 0 Å². The SMILES string of the molecule is Cc1ccccc1C(=O)N1CCC([C@@H]2CCCN[C@H](C)C2)CC1. The molecule has 2 aliphatic heterocycles. The lowest BCUT2D eigenvalue weighted by molar-refractivity contribution is 0.0647. The Bertz CT molecular complexity index is 534. The molecule has 3 heteroatoms. The third-order valence-electron chi connectivity index (χ3n) is 5.77. The number of hydrogen-bond donors (Lipinski definition) is 1. The molecule has 0 saturated carbocycles. The average molecular weight is 314 g/mol. The normalized spacial score (nSPS) is 26.8. The van der Waals surface area contributed by atoms with E-state index in [0.717, 1.165) is 36.1 Å². The van der Waals surface area contributed by atoms with Crippen molar-refractivity contribution in [2.45, 2.75) is 52.0 Å². The minimum atomic E-state index is 0.220. The van der Waals surface area contributed by atoms with Crippen molar-refractivity contribution in [2.24, 2.45) is 11.8 Å². The molecule has 0 aromatic heterocycles. The number of carbonyl (C=O) groups excluding carboxylic acids is 1. The van der Waals surface area contributed by atoms with Crippen LogP contribution in [-0.4, -0.2) is 36.5 Å². The van der Waals surface area contributed by atoms with Crippen LogP contribution in [0.3, 0.4) is 0 Å². The lowest BCUT2D eigenvalue weighted by Gasteiger charge is -2.36. The topological polar surface area (TPSA) is 32.3 Å². The van der Waals surface area contributed by atoms with Crippen molar-refractivity contribution in [2.75, 3.05) is 19.6 Å². The van der Waals surface area contributed by atoms with Gasteiger partial charge in [0.1, 0.15) is 0 Å². The van der Waals surface area contributed by atoms with E-state index in [4.69, 9.17) is 0 Å². The first kappa shape index (κ1) is 16.5. The highest BCUT2D eigenvalue weighted by Crippen LogP contribution is 2.33. The van der Waals surface area contributed by atoms with E-state index >= 15 is 0 Å². The van der Waals surface area contributed by atoms with Gasteiger partial charge in [0, 0.05) is 24.7 Å². The highest BCUT2D eigenvalue weighted by molar-refractivity contribution is 5.95. The first-order valence-electron chi connectivity index (χ1n) is 9.23. The van der Waals surface area contributed by atoms with Gasteiger partial charge < -0.3 is 10.2 Å². The standard InChI is InChI=1S/C20H30N2O/c1-15-6-3-4-8-19(15)20(23)22-12-9-17(10-13-22)18-7-5-11-21-16(2)14-18/h3-4,6,8,16-18,21H,5,7,9-14H2,1-2H3/t16-,18-/m1/s1. The van der Waals surface area contributed by atoms with E-state index < -0.39 is 0 Å². The highest BCUT2D eigenvalue weighted by Gasteiger charge is 2.30. The number of piperidine rings is 1. The van der Waals surface area contributed by atoms with Crippen molar-refractivity contribution in [3.8, 4) is 0 Å². The fourth-order valence-electron chi connectivity index (χ4n) is 4.35. The summed E-state index contributed by atoms with van der Waals surface area (Å²) in [6.45, 7) is 7.36. The largest absolute Gasteiger partial charge is 0.339 e. The second-order valence-corrected chi connectivity index (χ2v) is 7.44. The Balaban J connectivity index is 1.58. The Morgan fingerprint density at radius 1 is 1.13 bits per heavy atom. The predicted molar refractivity (Wildman–Crippen MR) is 94.6 cm³/mol. The van der Waals surface area contributed by atoms with Crippen LogP contribution >= 0.6 is 0 Å². The maximum atomic E-state index is 12.7. The lowest BCUT2D eigenvalue weighted by Crippen LogP contribution is -2.40. The number of hydrogen-bond acceptors (Lipinski definition) is 2. The molecule has 0 unspecified atom stereocenters. The van der Waals surface area contributed by atoms with Gasteiger partial charge in [-0.25, -0.2) is 0 Å². The van der Waals surface area contributed by atoms with Crippen LogP contribution in [0.1, 0.15) is 54.9 Å². The van der Waals surface area contributed by atoms with E-state index in [2.05, 4.69) is 17.1 Å². The van der Waals surface area contributed by atoms with Crippen LogP contribution in [0, 0.1) is 18.8 Å². The summed E-state index contributed by atoms with van der Waals surface area (Å²) in [7, 11) is 0. The van der Waals surface area contributed by atoms with Gasteiger partial charge in [-0.1, -0.05) is 18.2 Å². The third-order valence-corrected chi connectivity index (χ3v) is 5.77. The molecular formula is C20H30N2O. The summed E-state index contributed by atoms with van der Waals surface area (Å²) in [5.41, 5.74) is 1.96. The molecule has 3 rings (SSSR count). The number of rotatable bonds is 2. The summed E-state index contributed by atoms with van der Waals surface area (Å²) in [5, 5.41) is 3.60. The van der Waals surface area contributed by atoms with Crippen LogP contribution in [0.2, 0.25) is 0 Å². The van der Waals surface area contributed by atoms with E-state index in [-0.39, 0.29) is 5.91 Å². The molecule has 2 heterocycles. The number of likely N-dealkylation sites (tertiary alicyclic amines) is 1. The number of nitrogens with one attached hydrogen (secondary N) is 1. The molecule has 1 N–H and O–H groups in total. The number of carbonyl (C=O) groups is 1. The summed E-state index contributed by atoms with van der Waals surface area (Å²) in [4.78, 5) is 14.8. The van der Waals surface area contributed by atoms with Crippen molar-refractivity contribution in [1.29, 1.82) is 0 Å². The lowest BCUT2D eigenvalue weighted by atomic mass is 9.79. The second-order valence-electron chi connectivity index (χ2n) is 7.44. The summed E-state index contributed by atoms with van der Waals surface area (Å²) < 4.78 is 0. The van der Waals surface area contributed by atoms with Gasteiger partial charge >= 0.3 is 0 Å². The molecule has 0 radical (unpaired) electrons. The highest BCUT2D eigenvalue weighted by atomic mass is 16.2. The molecule has 3 nitrogen and oxygen atoms in total. The van der Waals surface area contributed by atoms with Gasteiger partial charge in [0.2, 0.25) is 0 Å². The van der Waals surface area contributed by atoms with Crippen LogP contribution < -0.4 is 5.32 Å². The predicted octanol–water partition coefficient (Wildman–Crippen LogP) is 3.63. The fourth-order valence-corrected chi connectivity index (χ4v) is 4.35. The van der Waals surface area contributed by atoms with Crippen LogP contribution in [0.5, 0.6) is 0 Å². The first-order chi connectivity index (χ1) is 11.1. The molecule has 1 aromatic rings. The fraction of sp³-hybridized carbons (Fsp3) is 0.650. The van der Waals surface area contributed by atoms with Crippen molar-refractivity contribution in [1.82, 2.24) is 10.2 Å². The van der Waals surface area contributed by atoms with E-state index in [1.807, 2.05) is 31.2 Å². The van der Waals surface area contributed by atoms with Gasteiger partial charge in [-0.2, -0.15) is 0 Å². The first-order valence-corrected chi connectivity index (χ1v) is 9.23. The summed E-state index contributed by atoms with van der Waals surface area (Å²) >= 11 is 0. The summed E-state index contributed by atoms with van der Waals surface area (Å²) in [5.74, 6) is 1.87. The molecule has 0 spiro atoms. The van der Waals surface area contributed by atoms with Crippen LogP contribution in [0.25, 0.3) is 0 Å². The molecule has 1 amide bonds. The van der Waals surface area contributed by atoms with Crippen LogP contribution in [0.4, 0.5) is 0 Å². The summed E-state index contributed by atoms with van der Waals surface area (Å²) in [6.07, 6.45) is 6.31. The number of aryl methyl sites for hydroxylation is 1. The van der Waals surface area contributed by atoms with Gasteiger partial charge in [0.25, 0.3) is 5.91 Å². The van der Waals surface area contributed by atoms with Crippen molar-refractivity contribution in [3.05, 3.63) is 35.4 Å². The van der Waals surface area contributed by atoms with Crippen molar-refractivity contribution < 1.29 is 4.79 Å². The maximum absolute atomic E-state index is 12.7. The van der Waals surface area contributed by atoms with Gasteiger partial charge in [-0.15, -0.1) is 0 Å². The van der Waals surface area contributed by atoms with E-state index in [1.165, 1.54) is 38.6 Å². The van der Waals surface area contributed by atoms with E-state index in [9.17, 15) is 4.79 Å². The molecule has 126 valence electrons. The number of amides is 1. The molecule has 2 saturated heterocycles. The molecule has 0 bridgehead atoms. The number of nitrogens with zero attached hydrogens (tertiary/aromatic N) is 1. The Morgan fingerprint density at radius 2 is 1.87 bits per heavy atom. The Morgan fingerprint density at radius 3 is 2.61 bits per heavy atom. The monoisotopic (exact) mass is 314 g/mol. The Kier molecular flexibility index (Phi) is 5.37. The van der Waals surface area contributed by atoms with Gasteiger partial charge in [-0.3, -0.25) is 4.79 Å². The third kappa shape index (κ3) is 3.95. The van der Waals surface area contributed by atoms with Crippen molar-refractivity contribution >= 4 is 5.91 Å². The zero-order valence-corrected chi connectivity index (χ0v) is 14.6. The van der Waals surface area contributed by atoms with E-state index in [1.54, 1.807) is 0 Å². The maximum Gasteiger partial charge on any atom is 0.254 e. The zero-order valence-electron chi connectivity index (χ0n) is 14.6. The molecular weight excluding hydrogens is 284 g/mol. The van der Waals surface area contributed by atoms with Crippen molar-refractivity contribution in [3.63, 3.8) is 0 Å². The Hall–Kier alpha value is -1.35. The molecule has 2 atom stereocenters. The van der Waals surface area contributed by atoms with E-state index in [0.29, 0.717) is 6.04 Å². The van der Waals surface area contributed by atoms with Crippen LogP contribution in [-0.2, 0) is 0 Å². The molecule has 23 heavy (non-hydrogen) atoms. The molecule has 0 aliphatic carbocycles. The summed E-state index contributed by atoms with van der Waals surface area (Å²) in [6, 6.07) is 8.60. The van der Waals surface area contributed by atoms with Crippen LogP contribution in [0.15, 0.2) is 24.3 Å². The van der Waals surface area contributed by atoms with Gasteiger partial charge in [-0.05, 0) is 76.0 Å². The smallest absolute Gasteiger partial charge is 0.254 e. The average Bonchev–Trinajstić information content (AvgIpc) is 2.79. The quantitative estimate of drug-likeness (QED) is 0.904. The minimum absolute atomic E-state index is 0.220. The molecule has 1 aromatic carbocycles. The second kappa shape index (κ2) is 7.48. The molecule has 2 fully saturated rings. The minimum Gasteiger partial charge on any atom is -0.339 e. The Labute approximate surface area is 140 Å².